The molecule has 0 aromatic heterocycles. The van der Waals surface area contributed by atoms with Crippen molar-refractivity contribution in [3.63, 3.8) is 0 Å². The van der Waals surface area contributed by atoms with E-state index < -0.39 is 10.0 Å². The summed E-state index contributed by atoms with van der Waals surface area (Å²) in [5.74, 6) is -0.0139. The Balaban J connectivity index is 2.30. The van der Waals surface area contributed by atoms with E-state index >= 15 is 0 Å². The predicted octanol–water partition coefficient (Wildman–Crippen LogP) is 1.91. The number of halogens is 1. The molecule has 0 spiro atoms. The van der Waals surface area contributed by atoms with Gasteiger partial charge < -0.3 is 5.32 Å². The minimum Gasteiger partial charge on any atom is -0.313 e. The van der Waals surface area contributed by atoms with Gasteiger partial charge in [-0.2, -0.15) is 4.31 Å². The summed E-state index contributed by atoms with van der Waals surface area (Å²) >= 11 is 3.39. The molecule has 1 N–H and O–H groups in total. The van der Waals surface area contributed by atoms with E-state index in [0.717, 1.165) is 10.0 Å². The standard InChI is InChI=1S/C13H17BrN2O2S/c1-2-9-19(17,18)16-8-7-15-10-13(16)11-3-5-12(14)6-4-11/h2-6,13,15H,1,7-10H2. The number of sulfonamides is 1. The summed E-state index contributed by atoms with van der Waals surface area (Å²) in [6.07, 6.45) is 1.44. The Hall–Kier alpha value is -0.690. The van der Waals surface area contributed by atoms with Gasteiger partial charge in [-0.1, -0.05) is 34.1 Å². The first-order valence-corrected chi connectivity index (χ1v) is 8.51. The van der Waals surface area contributed by atoms with Gasteiger partial charge in [0.2, 0.25) is 10.0 Å². The molecule has 1 heterocycles. The Labute approximate surface area is 122 Å². The lowest BCUT2D eigenvalue weighted by molar-refractivity contribution is 0.272. The van der Waals surface area contributed by atoms with E-state index in [9.17, 15) is 8.42 Å². The third-order valence-corrected chi connectivity index (χ3v) is 5.47. The molecule has 1 aliphatic heterocycles. The Morgan fingerprint density at radius 1 is 1.42 bits per heavy atom. The van der Waals surface area contributed by atoms with Gasteiger partial charge in [-0.3, -0.25) is 0 Å². The summed E-state index contributed by atoms with van der Waals surface area (Å²) in [5.41, 5.74) is 1.00. The van der Waals surface area contributed by atoms with Gasteiger partial charge in [0.15, 0.2) is 0 Å². The molecule has 4 nitrogen and oxygen atoms in total. The first kappa shape index (κ1) is 14.7. The zero-order valence-corrected chi connectivity index (χ0v) is 13.0. The lowest BCUT2D eigenvalue weighted by atomic mass is 10.1. The number of nitrogens with one attached hydrogen (secondary N) is 1. The first-order valence-electron chi connectivity index (χ1n) is 6.11. The van der Waals surface area contributed by atoms with Crippen LogP contribution in [0.15, 0.2) is 41.4 Å². The summed E-state index contributed by atoms with van der Waals surface area (Å²) in [7, 11) is -3.28. The number of hydrogen-bond acceptors (Lipinski definition) is 3. The molecule has 6 heteroatoms. The Bertz CT molecular complexity index is 542. The molecule has 19 heavy (non-hydrogen) atoms. The van der Waals surface area contributed by atoms with E-state index in [1.165, 1.54) is 6.08 Å². The van der Waals surface area contributed by atoms with Crippen molar-refractivity contribution in [1.82, 2.24) is 9.62 Å². The summed E-state index contributed by atoms with van der Waals surface area (Å²) in [6, 6.07) is 7.63. The number of benzene rings is 1. The minimum atomic E-state index is -3.28. The van der Waals surface area contributed by atoms with Gasteiger partial charge in [0.25, 0.3) is 0 Å². The van der Waals surface area contributed by atoms with Crippen LogP contribution in [0.3, 0.4) is 0 Å². The Kier molecular flexibility index (Phi) is 4.78. The molecule has 0 saturated carbocycles. The highest BCUT2D eigenvalue weighted by Crippen LogP contribution is 2.26. The highest BCUT2D eigenvalue weighted by atomic mass is 79.9. The maximum absolute atomic E-state index is 12.3. The van der Waals surface area contributed by atoms with E-state index in [2.05, 4.69) is 27.8 Å². The molecule has 1 atom stereocenters. The molecule has 1 unspecified atom stereocenters. The molecule has 1 saturated heterocycles. The second-order valence-electron chi connectivity index (χ2n) is 4.45. The maximum atomic E-state index is 12.3. The van der Waals surface area contributed by atoms with Crippen molar-refractivity contribution in [2.24, 2.45) is 0 Å². The van der Waals surface area contributed by atoms with Crippen molar-refractivity contribution < 1.29 is 8.42 Å². The van der Waals surface area contributed by atoms with Crippen LogP contribution in [0.4, 0.5) is 0 Å². The van der Waals surface area contributed by atoms with Crippen molar-refractivity contribution >= 4 is 26.0 Å². The highest BCUT2D eigenvalue weighted by Gasteiger charge is 2.32. The quantitative estimate of drug-likeness (QED) is 0.849. The zero-order chi connectivity index (χ0) is 13.9. The van der Waals surface area contributed by atoms with E-state index in [-0.39, 0.29) is 11.8 Å². The van der Waals surface area contributed by atoms with Crippen molar-refractivity contribution in [1.29, 1.82) is 0 Å². The van der Waals surface area contributed by atoms with Crippen LogP contribution in [-0.4, -0.2) is 38.1 Å². The zero-order valence-electron chi connectivity index (χ0n) is 10.5. The van der Waals surface area contributed by atoms with Crippen LogP contribution < -0.4 is 5.32 Å². The second-order valence-corrected chi connectivity index (χ2v) is 7.33. The summed E-state index contributed by atoms with van der Waals surface area (Å²) < 4.78 is 27.1. The molecule has 1 aromatic rings. The number of nitrogens with zero attached hydrogens (tertiary/aromatic N) is 1. The van der Waals surface area contributed by atoms with E-state index in [1.54, 1.807) is 4.31 Å². The summed E-state index contributed by atoms with van der Waals surface area (Å²) in [6.45, 7) is 5.34. The fraction of sp³-hybridized carbons (Fsp3) is 0.385. The molecular formula is C13H17BrN2O2S. The number of piperazine rings is 1. The molecular weight excluding hydrogens is 328 g/mol. The average Bonchev–Trinajstić information content (AvgIpc) is 2.39. The van der Waals surface area contributed by atoms with Crippen molar-refractivity contribution in [2.75, 3.05) is 25.4 Å². The van der Waals surface area contributed by atoms with Crippen LogP contribution in [0.25, 0.3) is 0 Å². The molecule has 0 amide bonds. The molecule has 0 bridgehead atoms. The van der Waals surface area contributed by atoms with Gasteiger partial charge in [0, 0.05) is 24.1 Å². The van der Waals surface area contributed by atoms with Crippen molar-refractivity contribution in [2.45, 2.75) is 6.04 Å². The number of hydrogen-bond donors (Lipinski definition) is 1. The fourth-order valence-corrected chi connectivity index (χ4v) is 3.94. The molecule has 1 fully saturated rings. The molecule has 1 aromatic carbocycles. The maximum Gasteiger partial charge on any atom is 0.218 e. The molecule has 2 rings (SSSR count). The SMILES string of the molecule is C=CCS(=O)(=O)N1CCNCC1c1ccc(Br)cc1. The lowest BCUT2D eigenvalue weighted by Crippen LogP contribution is -2.49. The predicted molar refractivity (Wildman–Crippen MR) is 80.4 cm³/mol. The highest BCUT2D eigenvalue weighted by molar-refractivity contribution is 9.10. The van der Waals surface area contributed by atoms with Gasteiger partial charge in [-0.25, -0.2) is 8.42 Å². The fourth-order valence-electron chi connectivity index (χ4n) is 2.23. The van der Waals surface area contributed by atoms with Crippen molar-refractivity contribution in [3.05, 3.63) is 47.0 Å². The van der Waals surface area contributed by atoms with Crippen LogP contribution in [0, 0.1) is 0 Å². The van der Waals surface area contributed by atoms with Gasteiger partial charge in [-0.15, -0.1) is 6.58 Å². The van der Waals surface area contributed by atoms with Crippen LogP contribution >= 0.6 is 15.9 Å². The average molecular weight is 345 g/mol. The Morgan fingerprint density at radius 3 is 2.74 bits per heavy atom. The van der Waals surface area contributed by atoms with E-state index in [0.29, 0.717) is 19.6 Å². The lowest BCUT2D eigenvalue weighted by Gasteiger charge is -2.35. The van der Waals surface area contributed by atoms with Gasteiger partial charge in [0.05, 0.1) is 11.8 Å². The topological polar surface area (TPSA) is 49.4 Å². The normalized spacial score (nSPS) is 21.2. The van der Waals surface area contributed by atoms with E-state index in [1.807, 2.05) is 24.3 Å². The smallest absolute Gasteiger partial charge is 0.218 e. The summed E-state index contributed by atoms with van der Waals surface area (Å²) in [5, 5.41) is 3.25. The van der Waals surface area contributed by atoms with Crippen molar-refractivity contribution in [3.8, 4) is 0 Å². The van der Waals surface area contributed by atoms with Crippen LogP contribution in [0.5, 0.6) is 0 Å². The summed E-state index contributed by atoms with van der Waals surface area (Å²) in [4.78, 5) is 0. The third-order valence-electron chi connectivity index (χ3n) is 3.13. The molecule has 104 valence electrons. The van der Waals surface area contributed by atoms with Gasteiger partial charge in [-0.05, 0) is 17.7 Å². The third kappa shape index (κ3) is 3.45. The second kappa shape index (κ2) is 6.17. The number of rotatable bonds is 4. The monoisotopic (exact) mass is 344 g/mol. The molecule has 1 aliphatic rings. The molecule has 0 aliphatic carbocycles. The van der Waals surface area contributed by atoms with Crippen LogP contribution in [0.2, 0.25) is 0 Å². The minimum absolute atomic E-state index is 0.0139. The largest absolute Gasteiger partial charge is 0.313 e. The Morgan fingerprint density at radius 2 is 2.11 bits per heavy atom. The van der Waals surface area contributed by atoms with Gasteiger partial charge >= 0.3 is 0 Å². The van der Waals surface area contributed by atoms with Crippen LogP contribution in [-0.2, 0) is 10.0 Å². The first-order chi connectivity index (χ1) is 9.04. The van der Waals surface area contributed by atoms with Gasteiger partial charge in [0.1, 0.15) is 0 Å². The molecule has 0 radical (unpaired) electrons. The van der Waals surface area contributed by atoms with Crippen LogP contribution in [0.1, 0.15) is 11.6 Å². The van der Waals surface area contributed by atoms with E-state index in [4.69, 9.17) is 0 Å².